The van der Waals surface area contributed by atoms with Gasteiger partial charge in [0.25, 0.3) is 0 Å². The Morgan fingerprint density at radius 1 is 1.31 bits per heavy atom. The third kappa shape index (κ3) is 8.53. The maximum absolute atomic E-state index is 10.6. The second-order valence-corrected chi connectivity index (χ2v) is 5.13. The Morgan fingerprint density at radius 2 is 1.92 bits per heavy atom. The molecule has 0 saturated carbocycles. The Labute approximate surface area is 85.0 Å². The summed E-state index contributed by atoms with van der Waals surface area (Å²) in [7, 11) is 1.17. The van der Waals surface area contributed by atoms with E-state index in [4.69, 9.17) is 10.7 Å². The summed E-state index contributed by atoms with van der Waals surface area (Å²) in [5, 5.41) is 0. The van der Waals surface area contributed by atoms with Crippen LogP contribution < -0.4 is 0 Å². The van der Waals surface area contributed by atoms with Crippen molar-refractivity contribution in [2.45, 2.75) is 52.1 Å². The molecule has 0 radical (unpaired) electrons. The second-order valence-electron chi connectivity index (χ2n) is 3.02. The molecule has 1 atom stereocenters. The summed E-state index contributed by atoms with van der Waals surface area (Å²) < 4.78 is 25.8. The Hall–Kier alpha value is 0.200. The number of halogens is 1. The minimum atomic E-state index is -3.80. The van der Waals surface area contributed by atoms with Gasteiger partial charge in [-0.3, -0.25) is 4.18 Å². The number of hydrogen-bond acceptors (Lipinski definition) is 3. The van der Waals surface area contributed by atoms with Crippen LogP contribution in [0.3, 0.4) is 0 Å². The van der Waals surface area contributed by atoms with Crippen molar-refractivity contribution < 1.29 is 12.6 Å². The van der Waals surface area contributed by atoms with E-state index < -0.39 is 9.33 Å². The molecular formula is C8H17ClO3S. The predicted octanol–water partition coefficient (Wildman–Crippen LogP) is 2.85. The van der Waals surface area contributed by atoms with E-state index in [-0.39, 0.29) is 6.10 Å². The molecule has 0 bridgehead atoms. The summed E-state index contributed by atoms with van der Waals surface area (Å²) in [4.78, 5) is 0. The summed E-state index contributed by atoms with van der Waals surface area (Å²) >= 11 is 0. The van der Waals surface area contributed by atoms with Crippen LogP contribution in [0.15, 0.2) is 0 Å². The molecule has 0 aromatic carbocycles. The molecule has 0 heterocycles. The van der Waals surface area contributed by atoms with Crippen molar-refractivity contribution >= 4 is 20.0 Å². The highest BCUT2D eigenvalue weighted by atomic mass is 35.7. The van der Waals surface area contributed by atoms with Gasteiger partial charge in [-0.1, -0.05) is 33.1 Å². The highest BCUT2D eigenvalue weighted by Crippen LogP contribution is 2.14. The van der Waals surface area contributed by atoms with Crippen LogP contribution in [0.2, 0.25) is 0 Å². The lowest BCUT2D eigenvalue weighted by atomic mass is 10.1. The maximum Gasteiger partial charge on any atom is 0.355 e. The van der Waals surface area contributed by atoms with Crippen molar-refractivity contribution in [3.8, 4) is 0 Å². The summed E-state index contributed by atoms with van der Waals surface area (Å²) in [6.07, 6.45) is 4.38. The average Bonchev–Trinajstić information content (AvgIpc) is 2.01. The quantitative estimate of drug-likeness (QED) is 0.497. The van der Waals surface area contributed by atoms with Gasteiger partial charge < -0.3 is 0 Å². The van der Waals surface area contributed by atoms with Crippen LogP contribution >= 0.6 is 10.7 Å². The van der Waals surface area contributed by atoms with Crippen molar-refractivity contribution in [3.63, 3.8) is 0 Å². The molecule has 0 amide bonds. The van der Waals surface area contributed by atoms with Gasteiger partial charge in [-0.2, -0.15) is 8.42 Å². The Balaban J connectivity index is 3.77. The van der Waals surface area contributed by atoms with E-state index in [1.54, 1.807) is 0 Å². The van der Waals surface area contributed by atoms with Gasteiger partial charge in [-0.15, -0.1) is 0 Å². The predicted molar refractivity (Wildman–Crippen MR) is 54.1 cm³/mol. The first-order chi connectivity index (χ1) is 5.99. The third-order valence-electron chi connectivity index (χ3n) is 1.84. The van der Waals surface area contributed by atoms with E-state index in [0.717, 1.165) is 25.7 Å². The first kappa shape index (κ1) is 13.2. The van der Waals surface area contributed by atoms with E-state index in [2.05, 4.69) is 11.1 Å². The molecule has 0 spiro atoms. The Morgan fingerprint density at radius 3 is 2.31 bits per heavy atom. The molecular weight excluding hydrogens is 212 g/mol. The molecule has 0 fully saturated rings. The monoisotopic (exact) mass is 228 g/mol. The lowest BCUT2D eigenvalue weighted by Crippen LogP contribution is -2.14. The average molecular weight is 229 g/mol. The number of unbranched alkanes of at least 4 members (excludes halogenated alkanes) is 2. The van der Waals surface area contributed by atoms with Crippen molar-refractivity contribution in [2.24, 2.45) is 0 Å². The molecule has 3 nitrogen and oxygen atoms in total. The number of rotatable bonds is 7. The maximum atomic E-state index is 10.6. The fourth-order valence-electron chi connectivity index (χ4n) is 1.10. The van der Waals surface area contributed by atoms with Crippen molar-refractivity contribution in [2.75, 3.05) is 0 Å². The highest BCUT2D eigenvalue weighted by Gasteiger charge is 2.14. The third-order valence-corrected chi connectivity index (χ3v) is 2.56. The molecule has 0 aliphatic carbocycles. The Kier molecular flexibility index (Phi) is 6.73. The van der Waals surface area contributed by atoms with E-state index in [1.165, 1.54) is 0 Å². The van der Waals surface area contributed by atoms with Gasteiger partial charge in [-0.25, -0.2) is 0 Å². The largest absolute Gasteiger partial charge is 0.355 e. The molecule has 80 valence electrons. The van der Waals surface area contributed by atoms with Gasteiger partial charge in [0.2, 0.25) is 0 Å². The van der Waals surface area contributed by atoms with E-state index in [1.807, 2.05) is 6.92 Å². The summed E-state index contributed by atoms with van der Waals surface area (Å²) in [5.74, 6) is 0. The Bertz CT molecular complexity index is 213. The summed E-state index contributed by atoms with van der Waals surface area (Å²) in [6.45, 7) is 3.98. The van der Waals surface area contributed by atoms with E-state index in [0.29, 0.717) is 6.42 Å². The number of hydrogen-bond donors (Lipinski definition) is 0. The van der Waals surface area contributed by atoms with Gasteiger partial charge >= 0.3 is 9.33 Å². The second kappa shape index (κ2) is 6.62. The van der Waals surface area contributed by atoms with Gasteiger partial charge in [0.05, 0.1) is 6.10 Å². The molecule has 0 rings (SSSR count). The molecule has 0 aromatic rings. The minimum absolute atomic E-state index is 0.256. The molecule has 0 aliphatic heterocycles. The molecule has 1 unspecified atom stereocenters. The van der Waals surface area contributed by atoms with Crippen LogP contribution in [0.5, 0.6) is 0 Å². The van der Waals surface area contributed by atoms with Crippen LogP contribution in [0.25, 0.3) is 0 Å². The minimum Gasteiger partial charge on any atom is -0.255 e. The zero-order chi connectivity index (χ0) is 10.3. The van der Waals surface area contributed by atoms with Crippen LogP contribution in [0, 0.1) is 0 Å². The first-order valence-corrected chi connectivity index (χ1v) is 6.86. The SMILES string of the molecule is CCCCCC(CC)OS(=O)(=O)Cl. The first-order valence-electron chi connectivity index (χ1n) is 4.62. The van der Waals surface area contributed by atoms with Gasteiger partial charge in [-0.05, 0) is 12.8 Å². The molecule has 5 heteroatoms. The van der Waals surface area contributed by atoms with Gasteiger partial charge in [0, 0.05) is 10.7 Å². The summed E-state index contributed by atoms with van der Waals surface area (Å²) in [6, 6.07) is 0. The summed E-state index contributed by atoms with van der Waals surface area (Å²) in [5.41, 5.74) is 0. The van der Waals surface area contributed by atoms with Gasteiger partial charge in [0.15, 0.2) is 0 Å². The zero-order valence-electron chi connectivity index (χ0n) is 8.12. The van der Waals surface area contributed by atoms with Crippen LogP contribution in [-0.2, 0) is 13.5 Å². The normalized spacial score (nSPS) is 14.4. The highest BCUT2D eigenvalue weighted by molar-refractivity contribution is 8.10. The molecule has 0 aliphatic rings. The van der Waals surface area contributed by atoms with Gasteiger partial charge in [0.1, 0.15) is 0 Å². The van der Waals surface area contributed by atoms with Crippen LogP contribution in [0.4, 0.5) is 0 Å². The van der Waals surface area contributed by atoms with Crippen LogP contribution in [0.1, 0.15) is 46.0 Å². The lowest BCUT2D eigenvalue weighted by molar-refractivity contribution is 0.196. The zero-order valence-corrected chi connectivity index (χ0v) is 9.70. The fraction of sp³-hybridized carbons (Fsp3) is 1.00. The van der Waals surface area contributed by atoms with Crippen molar-refractivity contribution in [1.29, 1.82) is 0 Å². The standard InChI is InChI=1S/C8H17ClO3S/c1-3-5-6-7-8(4-2)12-13(9,10)11/h8H,3-7H2,1-2H3. The van der Waals surface area contributed by atoms with Crippen LogP contribution in [-0.4, -0.2) is 14.5 Å². The smallest absolute Gasteiger partial charge is 0.255 e. The molecule has 0 saturated heterocycles. The fourth-order valence-corrected chi connectivity index (χ4v) is 1.97. The molecule has 13 heavy (non-hydrogen) atoms. The van der Waals surface area contributed by atoms with E-state index in [9.17, 15) is 8.42 Å². The molecule has 0 aromatic heterocycles. The van der Waals surface area contributed by atoms with E-state index >= 15 is 0 Å². The lowest BCUT2D eigenvalue weighted by Gasteiger charge is -2.12. The molecule has 0 N–H and O–H groups in total. The van der Waals surface area contributed by atoms with Crippen molar-refractivity contribution in [3.05, 3.63) is 0 Å². The van der Waals surface area contributed by atoms with Crippen molar-refractivity contribution in [1.82, 2.24) is 0 Å². The topological polar surface area (TPSA) is 43.4 Å².